The van der Waals surface area contributed by atoms with Crippen molar-refractivity contribution in [2.24, 2.45) is 0 Å². The Kier molecular flexibility index (Phi) is 7.12. The fraction of sp³-hybridized carbons (Fsp3) is 0.238. The molecule has 0 saturated heterocycles. The Balaban J connectivity index is 1.52. The average molecular weight is 276 g/mol. The topological polar surface area (TPSA) is 0 Å². The lowest BCUT2D eigenvalue weighted by Crippen LogP contribution is -1.76. The molecular formula is C21H24. The molecule has 0 nitrogen and oxygen atoms in total. The first-order valence-corrected chi connectivity index (χ1v) is 7.88. The molecular weight excluding hydrogens is 252 g/mol. The van der Waals surface area contributed by atoms with Gasteiger partial charge in [0.15, 0.2) is 0 Å². The van der Waals surface area contributed by atoms with Crippen molar-refractivity contribution < 1.29 is 0 Å². The maximum atomic E-state index is 2.29. The average Bonchev–Trinajstić information content (AvgIpc) is 2.55. The fourth-order valence-corrected chi connectivity index (χ4v) is 2.27. The van der Waals surface area contributed by atoms with Gasteiger partial charge in [0.25, 0.3) is 0 Å². The lowest BCUT2D eigenvalue weighted by Gasteiger charge is -1.96. The zero-order chi connectivity index (χ0) is 14.6. The molecule has 0 aliphatic heterocycles. The van der Waals surface area contributed by atoms with Gasteiger partial charge in [-0.2, -0.15) is 0 Å². The molecule has 0 spiro atoms. The molecule has 0 heterocycles. The molecule has 0 bridgehead atoms. The summed E-state index contributed by atoms with van der Waals surface area (Å²) in [4.78, 5) is 0. The molecule has 0 aromatic heterocycles. The Morgan fingerprint density at radius 2 is 0.952 bits per heavy atom. The van der Waals surface area contributed by atoms with E-state index in [0.29, 0.717) is 0 Å². The third-order valence-corrected chi connectivity index (χ3v) is 3.46. The van der Waals surface area contributed by atoms with E-state index in [1.54, 1.807) is 0 Å². The van der Waals surface area contributed by atoms with E-state index in [0.717, 1.165) is 0 Å². The predicted molar refractivity (Wildman–Crippen MR) is 94.0 cm³/mol. The van der Waals surface area contributed by atoms with E-state index in [4.69, 9.17) is 0 Å². The van der Waals surface area contributed by atoms with Gasteiger partial charge in [0.05, 0.1) is 0 Å². The van der Waals surface area contributed by atoms with Gasteiger partial charge < -0.3 is 0 Å². The maximum Gasteiger partial charge on any atom is -0.0260 e. The van der Waals surface area contributed by atoms with Crippen molar-refractivity contribution in [2.75, 3.05) is 0 Å². The van der Waals surface area contributed by atoms with Crippen LogP contribution in [-0.4, -0.2) is 0 Å². The van der Waals surface area contributed by atoms with E-state index in [1.165, 1.54) is 43.2 Å². The van der Waals surface area contributed by atoms with Crippen LogP contribution in [-0.2, 0) is 0 Å². The van der Waals surface area contributed by atoms with Crippen LogP contribution in [0.25, 0.3) is 12.2 Å². The minimum absolute atomic E-state index is 1.18. The van der Waals surface area contributed by atoms with Gasteiger partial charge in [-0.05, 0) is 36.8 Å². The summed E-state index contributed by atoms with van der Waals surface area (Å²) in [6, 6.07) is 21.0. The third kappa shape index (κ3) is 6.76. The molecule has 0 unspecified atom stereocenters. The number of benzene rings is 2. The van der Waals surface area contributed by atoms with E-state index in [1.807, 2.05) is 0 Å². The molecule has 0 atom stereocenters. The molecule has 2 rings (SSSR count). The highest BCUT2D eigenvalue weighted by Crippen LogP contribution is 2.08. The molecule has 0 fully saturated rings. The molecule has 108 valence electrons. The van der Waals surface area contributed by atoms with Crippen molar-refractivity contribution in [3.05, 3.63) is 83.9 Å². The van der Waals surface area contributed by atoms with E-state index < -0.39 is 0 Å². The number of allylic oxidation sites excluding steroid dienone is 2. The van der Waals surface area contributed by atoms with Crippen LogP contribution in [0.5, 0.6) is 0 Å². The van der Waals surface area contributed by atoms with Crippen LogP contribution in [0, 0.1) is 0 Å². The van der Waals surface area contributed by atoms with Gasteiger partial charge >= 0.3 is 0 Å². The Labute approximate surface area is 128 Å². The van der Waals surface area contributed by atoms with E-state index in [2.05, 4.69) is 85.0 Å². The summed E-state index contributed by atoms with van der Waals surface area (Å²) >= 11 is 0. The summed E-state index contributed by atoms with van der Waals surface area (Å²) < 4.78 is 0. The van der Waals surface area contributed by atoms with Crippen molar-refractivity contribution in [1.82, 2.24) is 0 Å². The quantitative estimate of drug-likeness (QED) is 0.492. The SMILES string of the molecule is C(=C\c1ccccc1)/CCCCC/C=C/c1ccccc1. The summed E-state index contributed by atoms with van der Waals surface area (Å²) in [5, 5.41) is 0. The highest BCUT2D eigenvalue weighted by molar-refractivity contribution is 5.49. The summed E-state index contributed by atoms with van der Waals surface area (Å²) in [6.45, 7) is 0. The Bertz CT molecular complexity index is 483. The maximum absolute atomic E-state index is 2.29. The fourth-order valence-electron chi connectivity index (χ4n) is 2.27. The number of unbranched alkanes of at least 4 members (excludes halogenated alkanes) is 4. The van der Waals surface area contributed by atoms with Crippen LogP contribution in [0.15, 0.2) is 72.8 Å². The normalized spacial score (nSPS) is 11.4. The van der Waals surface area contributed by atoms with Gasteiger partial charge in [0.2, 0.25) is 0 Å². The lowest BCUT2D eigenvalue weighted by molar-refractivity contribution is 0.697. The highest BCUT2D eigenvalue weighted by Gasteiger charge is 1.88. The number of hydrogen-bond donors (Lipinski definition) is 0. The monoisotopic (exact) mass is 276 g/mol. The Morgan fingerprint density at radius 3 is 1.38 bits per heavy atom. The largest absolute Gasteiger partial charge is 0.0839 e. The number of hydrogen-bond acceptors (Lipinski definition) is 0. The van der Waals surface area contributed by atoms with Gasteiger partial charge in [-0.1, -0.05) is 91.4 Å². The summed E-state index contributed by atoms with van der Waals surface area (Å²) in [5.74, 6) is 0. The van der Waals surface area contributed by atoms with Crippen LogP contribution in [0.4, 0.5) is 0 Å². The van der Waals surface area contributed by atoms with Crippen molar-refractivity contribution >= 4 is 12.2 Å². The molecule has 0 N–H and O–H groups in total. The van der Waals surface area contributed by atoms with Crippen molar-refractivity contribution in [3.8, 4) is 0 Å². The summed E-state index contributed by atoms with van der Waals surface area (Å²) in [5.41, 5.74) is 2.59. The molecule has 0 amide bonds. The Hall–Kier alpha value is -2.08. The number of rotatable bonds is 8. The van der Waals surface area contributed by atoms with Crippen LogP contribution in [0.2, 0.25) is 0 Å². The van der Waals surface area contributed by atoms with Crippen LogP contribution in [0.3, 0.4) is 0 Å². The minimum Gasteiger partial charge on any atom is -0.0839 e. The molecule has 0 radical (unpaired) electrons. The summed E-state index contributed by atoms with van der Waals surface area (Å²) in [7, 11) is 0. The highest BCUT2D eigenvalue weighted by atomic mass is 13.9. The standard InChI is InChI=1S/C21H24/c1(2-4-8-14-20-16-10-6-11-17-20)3-5-9-15-21-18-12-7-13-19-21/h6-19H,1-5H2/b14-8+,15-9+. The van der Waals surface area contributed by atoms with Gasteiger partial charge in [0, 0.05) is 0 Å². The first kappa shape index (κ1) is 15.3. The van der Waals surface area contributed by atoms with Crippen molar-refractivity contribution in [2.45, 2.75) is 32.1 Å². The van der Waals surface area contributed by atoms with Crippen LogP contribution >= 0.6 is 0 Å². The molecule has 0 heteroatoms. The van der Waals surface area contributed by atoms with E-state index in [-0.39, 0.29) is 0 Å². The van der Waals surface area contributed by atoms with Crippen molar-refractivity contribution in [1.29, 1.82) is 0 Å². The van der Waals surface area contributed by atoms with Crippen molar-refractivity contribution in [3.63, 3.8) is 0 Å². The molecule has 0 saturated carbocycles. The van der Waals surface area contributed by atoms with Crippen LogP contribution in [0.1, 0.15) is 43.2 Å². The van der Waals surface area contributed by atoms with Gasteiger partial charge in [0.1, 0.15) is 0 Å². The third-order valence-electron chi connectivity index (χ3n) is 3.46. The Morgan fingerprint density at radius 1 is 0.524 bits per heavy atom. The van der Waals surface area contributed by atoms with E-state index in [9.17, 15) is 0 Å². The van der Waals surface area contributed by atoms with E-state index >= 15 is 0 Å². The first-order chi connectivity index (χ1) is 10.4. The molecule has 21 heavy (non-hydrogen) atoms. The second-order valence-electron chi connectivity index (χ2n) is 5.26. The first-order valence-electron chi connectivity index (χ1n) is 7.88. The lowest BCUT2D eigenvalue weighted by atomic mass is 10.1. The van der Waals surface area contributed by atoms with Gasteiger partial charge in [-0.25, -0.2) is 0 Å². The second kappa shape index (κ2) is 9.77. The zero-order valence-electron chi connectivity index (χ0n) is 12.6. The molecule has 2 aromatic carbocycles. The second-order valence-corrected chi connectivity index (χ2v) is 5.26. The molecule has 0 aliphatic rings. The van der Waals surface area contributed by atoms with Gasteiger partial charge in [-0.3, -0.25) is 0 Å². The van der Waals surface area contributed by atoms with Crippen LogP contribution < -0.4 is 0 Å². The molecule has 0 aliphatic carbocycles. The summed E-state index contributed by atoms with van der Waals surface area (Å²) in [6.07, 6.45) is 15.2. The van der Waals surface area contributed by atoms with Gasteiger partial charge in [-0.15, -0.1) is 0 Å². The smallest absolute Gasteiger partial charge is 0.0260 e. The minimum atomic E-state index is 1.18. The molecule has 2 aromatic rings. The predicted octanol–water partition coefficient (Wildman–Crippen LogP) is 6.36. The zero-order valence-corrected chi connectivity index (χ0v) is 12.6.